The van der Waals surface area contributed by atoms with Crippen molar-refractivity contribution in [2.45, 2.75) is 18.4 Å². The Kier molecular flexibility index (Phi) is 3.89. The summed E-state index contributed by atoms with van der Waals surface area (Å²) in [5.74, 6) is 1.70. The molecule has 2 aromatic heterocycles. The Bertz CT molecular complexity index is 777. The van der Waals surface area contributed by atoms with E-state index in [1.54, 1.807) is 33.6 Å². The molecular weight excluding hydrogens is 288 g/mol. The minimum atomic E-state index is 0.00895. The van der Waals surface area contributed by atoms with Crippen molar-refractivity contribution in [2.24, 2.45) is 0 Å². The zero-order valence-corrected chi connectivity index (χ0v) is 12.7. The second-order valence-electron chi connectivity index (χ2n) is 4.56. The van der Waals surface area contributed by atoms with Gasteiger partial charge in [0.25, 0.3) is 5.56 Å². The van der Waals surface area contributed by atoms with Gasteiger partial charge in [-0.15, -0.1) is 11.3 Å². The first-order valence-corrected chi connectivity index (χ1v) is 8.30. The van der Waals surface area contributed by atoms with Crippen LogP contribution < -0.4 is 5.56 Å². The maximum atomic E-state index is 12.0. The number of thiazole rings is 1. The second kappa shape index (κ2) is 5.81. The minimum Gasteiger partial charge on any atom is -0.269 e. The minimum absolute atomic E-state index is 0.00895. The highest BCUT2D eigenvalue weighted by Gasteiger charge is 2.05. The molecule has 0 aliphatic carbocycles. The van der Waals surface area contributed by atoms with Gasteiger partial charge in [-0.2, -0.15) is 11.8 Å². The highest BCUT2D eigenvalue weighted by atomic mass is 32.2. The number of thioether (sulfide) groups is 1. The number of aromatic nitrogens is 2. The molecule has 1 aromatic carbocycles. The van der Waals surface area contributed by atoms with Gasteiger partial charge in [-0.3, -0.25) is 9.20 Å². The summed E-state index contributed by atoms with van der Waals surface area (Å²) < 4.78 is 1.62. The standard InChI is InChI=1S/C15H14N2OS2/c1-11-8-17-14(18)7-13(16-15(17)20-11)10-19-9-12-5-3-2-4-6-12/h2-8H,9-10H2,1H3. The predicted octanol–water partition coefficient (Wildman–Crippen LogP) is 3.50. The molecular formula is C15H14N2OS2. The van der Waals surface area contributed by atoms with Crippen molar-refractivity contribution in [1.29, 1.82) is 0 Å². The molecule has 5 heteroatoms. The Hall–Kier alpha value is -1.59. The third-order valence-corrected chi connectivity index (χ3v) is 4.83. The van der Waals surface area contributed by atoms with E-state index in [0.717, 1.165) is 27.0 Å². The largest absolute Gasteiger partial charge is 0.269 e. The summed E-state index contributed by atoms with van der Waals surface area (Å²) >= 11 is 3.33. The highest BCUT2D eigenvalue weighted by molar-refractivity contribution is 7.97. The van der Waals surface area contributed by atoms with E-state index in [4.69, 9.17) is 0 Å². The Morgan fingerprint density at radius 3 is 2.85 bits per heavy atom. The number of aryl methyl sites for hydroxylation is 1. The van der Waals surface area contributed by atoms with Crippen LogP contribution in [0, 0.1) is 6.92 Å². The van der Waals surface area contributed by atoms with Crippen molar-refractivity contribution in [3.8, 4) is 0 Å². The normalized spacial score (nSPS) is 11.1. The summed E-state index contributed by atoms with van der Waals surface area (Å²) in [6.45, 7) is 1.99. The van der Waals surface area contributed by atoms with Crippen molar-refractivity contribution >= 4 is 28.1 Å². The fraction of sp³-hybridized carbons (Fsp3) is 0.200. The van der Waals surface area contributed by atoms with E-state index in [9.17, 15) is 4.79 Å². The molecule has 0 aliphatic heterocycles. The fourth-order valence-electron chi connectivity index (χ4n) is 1.98. The van der Waals surface area contributed by atoms with Gasteiger partial charge in [0.1, 0.15) is 0 Å². The molecule has 0 aliphatic rings. The van der Waals surface area contributed by atoms with Gasteiger partial charge in [0, 0.05) is 28.6 Å². The summed E-state index contributed by atoms with van der Waals surface area (Å²) in [4.78, 5) is 18.4. The van der Waals surface area contributed by atoms with Gasteiger partial charge in [-0.25, -0.2) is 4.98 Å². The van der Waals surface area contributed by atoms with Crippen LogP contribution in [-0.4, -0.2) is 9.38 Å². The van der Waals surface area contributed by atoms with Gasteiger partial charge in [0.05, 0.1) is 5.69 Å². The summed E-state index contributed by atoms with van der Waals surface area (Å²) in [5.41, 5.74) is 2.16. The van der Waals surface area contributed by atoms with Gasteiger partial charge in [-0.05, 0) is 12.5 Å². The first kappa shape index (κ1) is 13.4. The fourth-order valence-corrected chi connectivity index (χ4v) is 3.72. The Balaban J connectivity index is 1.73. The van der Waals surface area contributed by atoms with E-state index in [2.05, 4.69) is 17.1 Å². The van der Waals surface area contributed by atoms with Crippen LogP contribution in [0.4, 0.5) is 0 Å². The number of rotatable bonds is 4. The van der Waals surface area contributed by atoms with Crippen LogP contribution in [0.5, 0.6) is 0 Å². The van der Waals surface area contributed by atoms with Gasteiger partial charge >= 0.3 is 0 Å². The first-order chi connectivity index (χ1) is 9.72. The van der Waals surface area contributed by atoms with Crippen molar-refractivity contribution in [3.05, 3.63) is 69.1 Å². The molecule has 102 valence electrons. The third kappa shape index (κ3) is 2.94. The number of nitrogens with zero attached hydrogens (tertiary/aromatic N) is 2. The Labute approximate surface area is 125 Å². The van der Waals surface area contributed by atoms with Crippen LogP contribution in [0.15, 0.2) is 47.4 Å². The number of fused-ring (bicyclic) bond motifs is 1. The van der Waals surface area contributed by atoms with Gasteiger partial charge in [-0.1, -0.05) is 30.3 Å². The molecule has 0 saturated carbocycles. The molecule has 0 radical (unpaired) electrons. The van der Waals surface area contributed by atoms with Crippen LogP contribution in [0.3, 0.4) is 0 Å². The average molecular weight is 302 g/mol. The molecule has 3 nitrogen and oxygen atoms in total. The number of benzene rings is 1. The molecule has 3 aromatic rings. The monoisotopic (exact) mass is 302 g/mol. The quantitative estimate of drug-likeness (QED) is 0.740. The van der Waals surface area contributed by atoms with Crippen molar-refractivity contribution in [1.82, 2.24) is 9.38 Å². The lowest BCUT2D eigenvalue weighted by atomic mass is 10.2. The molecule has 0 unspecified atom stereocenters. The molecule has 0 spiro atoms. The van der Waals surface area contributed by atoms with Crippen LogP contribution in [0.2, 0.25) is 0 Å². The summed E-state index contributed by atoms with van der Waals surface area (Å²) in [7, 11) is 0. The van der Waals surface area contributed by atoms with Crippen LogP contribution in [0.1, 0.15) is 16.1 Å². The molecule has 0 atom stereocenters. The summed E-state index contributed by atoms with van der Waals surface area (Å²) in [6.07, 6.45) is 1.84. The SMILES string of the molecule is Cc1cn2c(=O)cc(CSCc3ccccc3)nc2s1. The maximum absolute atomic E-state index is 12.0. The van der Waals surface area contributed by atoms with E-state index in [0.29, 0.717) is 0 Å². The van der Waals surface area contributed by atoms with Gasteiger partial charge in [0.2, 0.25) is 0 Å². The zero-order valence-electron chi connectivity index (χ0n) is 11.1. The molecule has 3 rings (SSSR count). The van der Waals surface area contributed by atoms with E-state index in [-0.39, 0.29) is 5.56 Å². The highest BCUT2D eigenvalue weighted by Crippen LogP contribution is 2.18. The molecule has 0 amide bonds. The second-order valence-corrected chi connectivity index (χ2v) is 6.76. The molecule has 0 bridgehead atoms. The lowest BCUT2D eigenvalue weighted by Gasteiger charge is -2.02. The topological polar surface area (TPSA) is 34.4 Å². The van der Waals surface area contributed by atoms with Crippen LogP contribution in [-0.2, 0) is 11.5 Å². The average Bonchev–Trinajstić information content (AvgIpc) is 2.81. The molecule has 0 saturated heterocycles. The Morgan fingerprint density at radius 1 is 1.25 bits per heavy atom. The van der Waals surface area contributed by atoms with Crippen molar-refractivity contribution in [2.75, 3.05) is 0 Å². The van der Waals surface area contributed by atoms with Crippen LogP contribution in [0.25, 0.3) is 4.96 Å². The van der Waals surface area contributed by atoms with Gasteiger partial charge in [0.15, 0.2) is 4.96 Å². The van der Waals surface area contributed by atoms with Crippen LogP contribution >= 0.6 is 23.1 Å². The smallest absolute Gasteiger partial charge is 0.258 e. The number of hydrogen-bond donors (Lipinski definition) is 0. The predicted molar refractivity (Wildman–Crippen MR) is 85.5 cm³/mol. The van der Waals surface area contributed by atoms with Crippen molar-refractivity contribution in [3.63, 3.8) is 0 Å². The third-order valence-electron chi connectivity index (χ3n) is 2.90. The van der Waals surface area contributed by atoms with E-state index < -0.39 is 0 Å². The summed E-state index contributed by atoms with van der Waals surface area (Å²) in [6, 6.07) is 12.0. The maximum Gasteiger partial charge on any atom is 0.258 e. The summed E-state index contributed by atoms with van der Waals surface area (Å²) in [5, 5.41) is 0. The molecule has 0 N–H and O–H groups in total. The van der Waals surface area contributed by atoms with E-state index in [1.165, 1.54) is 5.56 Å². The molecule has 0 fully saturated rings. The first-order valence-electron chi connectivity index (χ1n) is 6.33. The number of hydrogen-bond acceptors (Lipinski definition) is 4. The van der Waals surface area contributed by atoms with E-state index >= 15 is 0 Å². The molecule has 2 heterocycles. The lowest BCUT2D eigenvalue weighted by Crippen LogP contribution is -2.12. The van der Waals surface area contributed by atoms with Gasteiger partial charge < -0.3 is 0 Å². The van der Waals surface area contributed by atoms with Crippen molar-refractivity contribution < 1.29 is 0 Å². The zero-order chi connectivity index (χ0) is 13.9. The lowest BCUT2D eigenvalue weighted by molar-refractivity contribution is 1.03. The van der Waals surface area contributed by atoms with E-state index in [1.807, 2.05) is 31.3 Å². The Morgan fingerprint density at radius 2 is 2.05 bits per heavy atom. The molecule has 20 heavy (non-hydrogen) atoms.